The second-order valence-electron chi connectivity index (χ2n) is 10.2. The SMILES string of the molecule is COc1ccc(-c2nn(-c3ccccc3)cc2/C=C2\SC(=S)N(CCCCCCCCCCC(=O)O)C2=O)cc1C. The van der Waals surface area contributed by atoms with Gasteiger partial charge in [-0.25, -0.2) is 4.68 Å². The van der Waals surface area contributed by atoms with Crippen LogP contribution in [-0.2, 0) is 9.59 Å². The van der Waals surface area contributed by atoms with E-state index in [2.05, 4.69) is 6.07 Å². The first-order chi connectivity index (χ1) is 19.9. The van der Waals surface area contributed by atoms with E-state index in [4.69, 9.17) is 27.2 Å². The summed E-state index contributed by atoms with van der Waals surface area (Å²) in [5.74, 6) is 0.0442. The quantitative estimate of drug-likeness (QED) is 0.110. The highest BCUT2D eigenvalue weighted by atomic mass is 32.2. The van der Waals surface area contributed by atoms with Gasteiger partial charge in [0.15, 0.2) is 0 Å². The van der Waals surface area contributed by atoms with E-state index in [0.29, 0.717) is 15.8 Å². The molecule has 41 heavy (non-hydrogen) atoms. The van der Waals surface area contributed by atoms with E-state index in [-0.39, 0.29) is 12.3 Å². The first kappa shape index (κ1) is 30.5. The summed E-state index contributed by atoms with van der Waals surface area (Å²) in [4.78, 5) is 26.3. The lowest BCUT2D eigenvalue weighted by Gasteiger charge is -2.14. The van der Waals surface area contributed by atoms with Gasteiger partial charge >= 0.3 is 5.97 Å². The number of carboxylic acids is 1. The number of aryl methyl sites for hydroxylation is 1. The van der Waals surface area contributed by atoms with Crippen molar-refractivity contribution < 1.29 is 19.4 Å². The van der Waals surface area contributed by atoms with Crippen molar-refractivity contribution in [2.75, 3.05) is 13.7 Å². The van der Waals surface area contributed by atoms with Gasteiger partial charge in [0, 0.05) is 30.3 Å². The molecule has 1 aliphatic rings. The van der Waals surface area contributed by atoms with Crippen molar-refractivity contribution in [1.29, 1.82) is 0 Å². The Morgan fingerprint density at radius 1 is 1.02 bits per heavy atom. The second kappa shape index (κ2) is 15.0. The fourth-order valence-corrected chi connectivity index (χ4v) is 6.20. The highest BCUT2D eigenvalue weighted by molar-refractivity contribution is 8.26. The van der Waals surface area contributed by atoms with Gasteiger partial charge in [-0.1, -0.05) is 80.7 Å². The van der Waals surface area contributed by atoms with Crippen LogP contribution in [0.5, 0.6) is 5.75 Å². The molecule has 216 valence electrons. The molecule has 1 fully saturated rings. The van der Waals surface area contributed by atoms with E-state index in [9.17, 15) is 9.59 Å². The van der Waals surface area contributed by atoms with Gasteiger partial charge in [0.1, 0.15) is 15.8 Å². The molecule has 0 unspecified atom stereocenters. The molecule has 1 amide bonds. The molecule has 0 aliphatic carbocycles. The van der Waals surface area contributed by atoms with Gasteiger partial charge in [-0.3, -0.25) is 14.5 Å². The minimum absolute atomic E-state index is 0.0530. The Labute approximate surface area is 251 Å². The number of benzene rings is 2. The average Bonchev–Trinajstić information content (AvgIpc) is 3.50. The Balaban J connectivity index is 1.41. The van der Waals surface area contributed by atoms with Crippen LogP contribution in [0, 0.1) is 6.92 Å². The molecule has 0 spiro atoms. The van der Waals surface area contributed by atoms with Crippen molar-refractivity contribution in [2.45, 2.75) is 64.7 Å². The van der Waals surface area contributed by atoms with Crippen molar-refractivity contribution in [3.63, 3.8) is 0 Å². The number of carbonyl (C=O) groups excluding carboxylic acids is 1. The predicted octanol–water partition coefficient (Wildman–Crippen LogP) is 7.65. The minimum Gasteiger partial charge on any atom is -0.496 e. The predicted molar refractivity (Wildman–Crippen MR) is 169 cm³/mol. The lowest BCUT2D eigenvalue weighted by molar-refractivity contribution is -0.137. The third-order valence-electron chi connectivity index (χ3n) is 7.11. The Morgan fingerprint density at radius 2 is 1.71 bits per heavy atom. The summed E-state index contributed by atoms with van der Waals surface area (Å²) in [5.41, 5.74) is 4.53. The Kier molecular flexibility index (Phi) is 11.2. The molecule has 9 heteroatoms. The standard InChI is InChI=1S/C32H37N3O4S2/c1-23-20-24(17-18-27(23)39-2)30-25(22-35(33-30)26-14-10-9-11-15-26)21-28-31(38)34(32(40)41-28)19-13-8-6-4-3-5-7-12-16-29(36)37/h9-11,14-15,17-18,20-22H,3-8,12-13,16,19H2,1-2H3,(H,36,37)/b28-21-. The first-order valence-electron chi connectivity index (χ1n) is 14.1. The molecule has 4 rings (SSSR count). The van der Waals surface area contributed by atoms with E-state index in [0.717, 1.165) is 85.2 Å². The van der Waals surface area contributed by atoms with Gasteiger partial charge in [0.2, 0.25) is 0 Å². The molecule has 1 aliphatic heterocycles. The van der Waals surface area contributed by atoms with Crippen LogP contribution in [0.2, 0.25) is 0 Å². The third-order valence-corrected chi connectivity index (χ3v) is 8.49. The van der Waals surface area contributed by atoms with E-state index < -0.39 is 5.97 Å². The Bertz CT molecular complexity index is 1400. The molecular formula is C32H37N3O4S2. The zero-order chi connectivity index (χ0) is 29.2. The molecule has 0 atom stereocenters. The molecule has 7 nitrogen and oxygen atoms in total. The number of aromatic nitrogens is 2. The summed E-state index contributed by atoms with van der Waals surface area (Å²) in [6, 6.07) is 15.9. The van der Waals surface area contributed by atoms with Crippen molar-refractivity contribution in [1.82, 2.24) is 14.7 Å². The van der Waals surface area contributed by atoms with Crippen molar-refractivity contribution >= 4 is 46.3 Å². The topological polar surface area (TPSA) is 84.7 Å². The van der Waals surface area contributed by atoms with Crippen molar-refractivity contribution in [2.24, 2.45) is 0 Å². The number of hydrogen-bond acceptors (Lipinski definition) is 6. The summed E-state index contributed by atoms with van der Waals surface area (Å²) < 4.78 is 7.88. The van der Waals surface area contributed by atoms with Gasteiger partial charge in [0.25, 0.3) is 5.91 Å². The van der Waals surface area contributed by atoms with Gasteiger partial charge in [0.05, 0.1) is 17.7 Å². The summed E-state index contributed by atoms with van der Waals surface area (Å²) in [6.07, 6.45) is 12.2. The largest absolute Gasteiger partial charge is 0.496 e. The average molecular weight is 592 g/mol. The van der Waals surface area contributed by atoms with Gasteiger partial charge in [-0.15, -0.1) is 0 Å². The highest BCUT2D eigenvalue weighted by Gasteiger charge is 2.32. The number of amides is 1. The number of thiocarbonyl (C=S) groups is 1. The molecule has 0 bridgehead atoms. The summed E-state index contributed by atoms with van der Waals surface area (Å²) in [7, 11) is 1.66. The molecule has 3 aromatic rings. The molecule has 1 saturated heterocycles. The summed E-state index contributed by atoms with van der Waals surface area (Å²) in [5, 5.41) is 13.6. The number of methoxy groups -OCH3 is 1. The molecule has 1 N–H and O–H groups in total. The smallest absolute Gasteiger partial charge is 0.303 e. The molecule has 0 saturated carbocycles. The molecule has 2 heterocycles. The first-order valence-corrected chi connectivity index (χ1v) is 15.4. The summed E-state index contributed by atoms with van der Waals surface area (Å²) >= 11 is 6.94. The van der Waals surface area contributed by atoms with Crippen LogP contribution in [0.3, 0.4) is 0 Å². The minimum atomic E-state index is -0.717. The Hall–Kier alpha value is -3.43. The van der Waals surface area contributed by atoms with Crippen molar-refractivity contribution in [3.05, 3.63) is 70.8 Å². The van der Waals surface area contributed by atoms with Crippen LogP contribution in [0.4, 0.5) is 0 Å². The van der Waals surface area contributed by atoms with Crippen molar-refractivity contribution in [3.8, 4) is 22.7 Å². The molecule has 1 aromatic heterocycles. The number of para-hydroxylation sites is 1. The third kappa shape index (κ3) is 8.30. The number of ether oxygens (including phenoxy) is 1. The maximum Gasteiger partial charge on any atom is 0.303 e. The lowest BCUT2D eigenvalue weighted by atomic mass is 10.0. The number of nitrogens with zero attached hydrogens (tertiary/aromatic N) is 3. The van der Waals surface area contributed by atoms with E-state index in [1.807, 2.05) is 66.3 Å². The highest BCUT2D eigenvalue weighted by Crippen LogP contribution is 2.36. The van der Waals surface area contributed by atoms with E-state index >= 15 is 0 Å². The number of aliphatic carboxylic acids is 1. The van der Waals surface area contributed by atoms with E-state index in [1.54, 1.807) is 12.0 Å². The normalized spacial score (nSPS) is 14.3. The van der Waals surface area contributed by atoms with E-state index in [1.165, 1.54) is 11.8 Å². The number of thioether (sulfide) groups is 1. The number of carbonyl (C=O) groups is 2. The zero-order valence-corrected chi connectivity index (χ0v) is 25.3. The number of carboxylic acid groups (broad SMARTS) is 1. The van der Waals surface area contributed by atoms with Gasteiger partial charge in [-0.05, 0) is 61.7 Å². The zero-order valence-electron chi connectivity index (χ0n) is 23.7. The van der Waals surface area contributed by atoms with Crippen LogP contribution in [0.25, 0.3) is 23.0 Å². The van der Waals surface area contributed by atoms with Gasteiger partial charge in [-0.2, -0.15) is 5.10 Å². The molecule has 2 aromatic carbocycles. The van der Waals surface area contributed by atoms with Crippen LogP contribution >= 0.6 is 24.0 Å². The molecular weight excluding hydrogens is 555 g/mol. The maximum absolute atomic E-state index is 13.4. The molecule has 0 radical (unpaired) electrons. The monoisotopic (exact) mass is 591 g/mol. The second-order valence-corrected chi connectivity index (χ2v) is 11.9. The van der Waals surface area contributed by atoms with Crippen LogP contribution < -0.4 is 4.74 Å². The number of hydrogen-bond donors (Lipinski definition) is 1. The van der Waals surface area contributed by atoms with Crippen LogP contribution in [0.15, 0.2) is 59.6 Å². The van der Waals surface area contributed by atoms with Crippen LogP contribution in [-0.4, -0.2) is 49.6 Å². The fourth-order valence-electron chi connectivity index (χ4n) is 4.90. The van der Waals surface area contributed by atoms with Gasteiger partial charge < -0.3 is 9.84 Å². The summed E-state index contributed by atoms with van der Waals surface area (Å²) in [6.45, 7) is 2.62. The Morgan fingerprint density at radius 3 is 2.37 bits per heavy atom. The number of unbranched alkanes of at least 4 members (excludes halogenated alkanes) is 7. The lowest BCUT2D eigenvalue weighted by Crippen LogP contribution is -2.29. The number of rotatable bonds is 15. The van der Waals surface area contributed by atoms with Crippen LogP contribution in [0.1, 0.15) is 68.9 Å². The maximum atomic E-state index is 13.4. The fraction of sp³-hybridized carbons (Fsp3) is 0.375.